The summed E-state index contributed by atoms with van der Waals surface area (Å²) >= 11 is 0. The molecule has 0 spiro atoms. The van der Waals surface area contributed by atoms with Crippen molar-refractivity contribution in [2.24, 2.45) is 0 Å². The van der Waals surface area contributed by atoms with Gasteiger partial charge in [-0.15, -0.1) is 0 Å². The SMILES string of the molecule is C[Si](C)(O)c1ccccc1OC(=O)Oc1ccccc1[Si](C)(C)O. The number of para-hydroxylation sites is 2. The molecule has 0 saturated carbocycles. The van der Waals surface area contributed by atoms with Crippen LogP contribution < -0.4 is 19.8 Å². The number of carbonyl (C=O) groups excluding carboxylic acids is 1. The van der Waals surface area contributed by atoms with Gasteiger partial charge in [-0.1, -0.05) is 36.4 Å². The lowest BCUT2D eigenvalue weighted by Gasteiger charge is -2.20. The monoisotopic (exact) mass is 362 g/mol. The number of ether oxygens (including phenoxy) is 2. The Morgan fingerprint density at radius 3 is 1.42 bits per heavy atom. The van der Waals surface area contributed by atoms with Crippen LogP contribution in [0.3, 0.4) is 0 Å². The molecule has 0 amide bonds. The quantitative estimate of drug-likeness (QED) is 0.495. The molecule has 2 aromatic rings. The van der Waals surface area contributed by atoms with E-state index in [2.05, 4.69) is 0 Å². The second-order valence-electron chi connectivity index (χ2n) is 6.56. The molecule has 2 rings (SSSR count). The van der Waals surface area contributed by atoms with E-state index in [0.717, 1.165) is 0 Å². The molecule has 0 unspecified atom stereocenters. The molecule has 0 aliphatic carbocycles. The van der Waals surface area contributed by atoms with Crippen molar-refractivity contribution in [3.05, 3.63) is 48.5 Å². The van der Waals surface area contributed by atoms with E-state index in [1.807, 2.05) is 0 Å². The van der Waals surface area contributed by atoms with Gasteiger partial charge in [0.15, 0.2) is 0 Å². The van der Waals surface area contributed by atoms with Crippen LogP contribution in [0.15, 0.2) is 48.5 Å². The highest BCUT2D eigenvalue weighted by atomic mass is 28.4. The van der Waals surface area contributed by atoms with Gasteiger partial charge in [-0.05, 0) is 38.3 Å². The Balaban J connectivity index is 2.22. The van der Waals surface area contributed by atoms with Gasteiger partial charge in [0, 0.05) is 10.4 Å². The molecule has 7 heteroatoms. The topological polar surface area (TPSA) is 76.0 Å². The molecule has 0 atom stereocenters. The van der Waals surface area contributed by atoms with Gasteiger partial charge in [-0.2, -0.15) is 0 Å². The number of hydrogen-bond donors (Lipinski definition) is 2. The maximum Gasteiger partial charge on any atom is 0.519 e. The van der Waals surface area contributed by atoms with Crippen molar-refractivity contribution in [1.82, 2.24) is 0 Å². The average Bonchev–Trinajstić information content (AvgIpc) is 2.46. The Morgan fingerprint density at radius 2 is 1.08 bits per heavy atom. The zero-order valence-electron chi connectivity index (χ0n) is 14.2. The first-order chi connectivity index (χ1) is 11.1. The molecule has 2 N–H and O–H groups in total. The number of rotatable bonds is 4. The first kappa shape index (κ1) is 18.4. The first-order valence-electron chi connectivity index (χ1n) is 7.62. The van der Waals surface area contributed by atoms with E-state index in [4.69, 9.17) is 9.47 Å². The Labute approximate surface area is 143 Å². The standard InChI is InChI=1S/C17H22O5Si2/c1-23(2,19)15-11-7-5-9-13(15)21-17(18)22-14-10-6-8-12-16(14)24(3,4)20/h5-12,19-20H,1-4H3. The summed E-state index contributed by atoms with van der Waals surface area (Å²) in [6, 6.07) is 13.8. The van der Waals surface area contributed by atoms with Crippen LogP contribution in [0.5, 0.6) is 11.5 Å². The number of hydrogen-bond acceptors (Lipinski definition) is 5. The van der Waals surface area contributed by atoms with Crippen molar-refractivity contribution in [2.75, 3.05) is 0 Å². The molecule has 0 heterocycles. The normalized spacial score (nSPS) is 11.9. The molecule has 5 nitrogen and oxygen atoms in total. The predicted molar refractivity (Wildman–Crippen MR) is 98.2 cm³/mol. The summed E-state index contributed by atoms with van der Waals surface area (Å²) in [5.74, 6) is 0.583. The largest absolute Gasteiger partial charge is 0.519 e. The maximum absolute atomic E-state index is 12.2. The number of carbonyl (C=O) groups is 1. The summed E-state index contributed by atoms with van der Waals surface area (Å²) in [5.41, 5.74) is 0. The minimum atomic E-state index is -2.64. The van der Waals surface area contributed by atoms with Crippen LogP contribution in [-0.4, -0.2) is 32.4 Å². The maximum atomic E-state index is 12.2. The van der Waals surface area contributed by atoms with E-state index < -0.39 is 22.8 Å². The third kappa shape index (κ3) is 4.54. The van der Waals surface area contributed by atoms with Gasteiger partial charge in [0.1, 0.15) is 11.5 Å². The second-order valence-corrected chi connectivity index (χ2v) is 13.9. The van der Waals surface area contributed by atoms with Gasteiger partial charge in [0.2, 0.25) is 16.6 Å². The zero-order valence-corrected chi connectivity index (χ0v) is 16.2. The van der Waals surface area contributed by atoms with E-state index in [9.17, 15) is 14.4 Å². The molecular weight excluding hydrogens is 340 g/mol. The molecule has 0 saturated heterocycles. The van der Waals surface area contributed by atoms with Gasteiger partial charge in [0.05, 0.1) is 0 Å². The van der Waals surface area contributed by atoms with E-state index >= 15 is 0 Å². The van der Waals surface area contributed by atoms with Crippen LogP contribution in [0.25, 0.3) is 0 Å². The fraction of sp³-hybridized carbons (Fsp3) is 0.235. The Morgan fingerprint density at radius 1 is 0.750 bits per heavy atom. The molecule has 0 aliphatic heterocycles. The zero-order chi connectivity index (χ0) is 18.0. The molecule has 0 radical (unpaired) electrons. The third-order valence-electron chi connectivity index (χ3n) is 3.48. The minimum Gasteiger partial charge on any atom is -0.428 e. The lowest BCUT2D eigenvalue weighted by atomic mass is 10.3. The van der Waals surface area contributed by atoms with Crippen molar-refractivity contribution < 1.29 is 23.9 Å². The van der Waals surface area contributed by atoms with Crippen LogP contribution >= 0.6 is 0 Å². The third-order valence-corrected chi connectivity index (χ3v) is 6.94. The Hall–Kier alpha value is -1.94. The second kappa shape index (κ2) is 6.90. The molecule has 24 heavy (non-hydrogen) atoms. The Bertz CT molecular complexity index is 671. The van der Waals surface area contributed by atoms with E-state index in [-0.39, 0.29) is 0 Å². The van der Waals surface area contributed by atoms with Crippen molar-refractivity contribution in [1.29, 1.82) is 0 Å². The van der Waals surface area contributed by atoms with Crippen molar-refractivity contribution in [2.45, 2.75) is 26.2 Å². The molecule has 128 valence electrons. The molecule has 0 aliphatic rings. The highest BCUT2D eigenvalue weighted by Gasteiger charge is 2.28. The summed E-state index contributed by atoms with van der Waals surface area (Å²) in [6.45, 7) is 6.98. The smallest absolute Gasteiger partial charge is 0.428 e. The summed E-state index contributed by atoms with van der Waals surface area (Å²) in [6.07, 6.45) is -0.897. The number of benzene rings is 2. The molecule has 0 bridgehead atoms. The highest BCUT2D eigenvalue weighted by molar-refractivity contribution is 6.84. The van der Waals surface area contributed by atoms with Crippen LogP contribution in [0.4, 0.5) is 4.79 Å². The molecule has 0 fully saturated rings. The fourth-order valence-electron chi connectivity index (χ4n) is 2.32. The van der Waals surface area contributed by atoms with Crippen LogP contribution in [0.2, 0.25) is 26.2 Å². The van der Waals surface area contributed by atoms with E-state index in [1.165, 1.54) is 0 Å². The summed E-state index contributed by atoms with van der Waals surface area (Å²) in [5, 5.41) is 1.24. The van der Waals surface area contributed by atoms with Crippen LogP contribution in [0.1, 0.15) is 0 Å². The minimum absolute atomic E-state index is 0.291. The Kier molecular flexibility index (Phi) is 5.29. The molecule has 2 aromatic carbocycles. The lowest BCUT2D eigenvalue weighted by Crippen LogP contribution is -2.43. The molecule has 0 aromatic heterocycles. The van der Waals surface area contributed by atoms with Crippen LogP contribution in [0, 0.1) is 0 Å². The summed E-state index contributed by atoms with van der Waals surface area (Å²) in [4.78, 5) is 32.8. The van der Waals surface area contributed by atoms with Gasteiger partial charge < -0.3 is 19.1 Å². The van der Waals surface area contributed by atoms with E-state index in [0.29, 0.717) is 21.9 Å². The highest BCUT2D eigenvalue weighted by Crippen LogP contribution is 2.16. The average molecular weight is 363 g/mol. The van der Waals surface area contributed by atoms with Gasteiger partial charge >= 0.3 is 6.16 Å². The molecular formula is C17H22O5Si2. The summed E-state index contributed by atoms with van der Waals surface area (Å²) in [7, 11) is -5.29. The fourth-order valence-corrected chi connectivity index (χ4v) is 4.81. The van der Waals surface area contributed by atoms with Gasteiger partial charge in [0.25, 0.3) is 0 Å². The van der Waals surface area contributed by atoms with Crippen LogP contribution in [-0.2, 0) is 0 Å². The lowest BCUT2D eigenvalue weighted by molar-refractivity contribution is 0.152. The van der Waals surface area contributed by atoms with E-state index in [1.54, 1.807) is 74.7 Å². The van der Waals surface area contributed by atoms with Crippen molar-refractivity contribution >= 4 is 33.2 Å². The van der Waals surface area contributed by atoms with Gasteiger partial charge in [-0.25, -0.2) is 4.79 Å². The van der Waals surface area contributed by atoms with Gasteiger partial charge in [-0.3, -0.25) is 0 Å². The van der Waals surface area contributed by atoms with Crippen molar-refractivity contribution in [3.63, 3.8) is 0 Å². The first-order valence-corrected chi connectivity index (χ1v) is 13.5. The summed E-state index contributed by atoms with van der Waals surface area (Å²) < 4.78 is 10.6. The van der Waals surface area contributed by atoms with Crippen molar-refractivity contribution in [3.8, 4) is 11.5 Å². The predicted octanol–water partition coefficient (Wildman–Crippen LogP) is 2.07.